The molecule has 1 aromatic carbocycles. The van der Waals surface area contributed by atoms with Crippen molar-refractivity contribution < 1.29 is 17.9 Å². The summed E-state index contributed by atoms with van der Waals surface area (Å²) in [6, 6.07) is 5.29. The molecule has 2 nitrogen and oxygen atoms in total. The van der Waals surface area contributed by atoms with Gasteiger partial charge in [0.25, 0.3) is 0 Å². The van der Waals surface area contributed by atoms with Gasteiger partial charge in [0.1, 0.15) is 11.9 Å². The van der Waals surface area contributed by atoms with Crippen LogP contribution >= 0.6 is 0 Å². The maximum Gasteiger partial charge on any atom is 0.416 e. The van der Waals surface area contributed by atoms with Crippen molar-refractivity contribution in [1.29, 1.82) is 0 Å². The van der Waals surface area contributed by atoms with E-state index in [1.54, 1.807) is 0 Å². The lowest BCUT2D eigenvalue weighted by molar-refractivity contribution is -0.137. The lowest BCUT2D eigenvalue weighted by atomic mass is 9.64. The van der Waals surface area contributed by atoms with Crippen LogP contribution < -0.4 is 10.1 Å². The minimum absolute atomic E-state index is 0.0152. The smallest absolute Gasteiger partial charge is 0.416 e. The first-order chi connectivity index (χ1) is 9.25. The molecule has 2 unspecified atom stereocenters. The summed E-state index contributed by atoms with van der Waals surface area (Å²) in [4.78, 5) is 0. The Hall–Kier alpha value is -1.23. The molecule has 0 heterocycles. The molecule has 0 bridgehead atoms. The van der Waals surface area contributed by atoms with E-state index >= 15 is 0 Å². The summed E-state index contributed by atoms with van der Waals surface area (Å²) in [6.45, 7) is 7.18. The van der Waals surface area contributed by atoms with E-state index < -0.39 is 11.7 Å². The average Bonchev–Trinajstić information content (AvgIpc) is 2.37. The second-order valence-electron chi connectivity index (χ2n) is 5.80. The van der Waals surface area contributed by atoms with Crippen molar-refractivity contribution in [3.63, 3.8) is 0 Å². The zero-order chi connectivity index (χ0) is 15.0. The molecule has 1 aromatic rings. The van der Waals surface area contributed by atoms with Crippen molar-refractivity contribution in [3.05, 3.63) is 29.8 Å². The van der Waals surface area contributed by atoms with Gasteiger partial charge in [0.05, 0.1) is 5.56 Å². The minimum atomic E-state index is -4.30. The fourth-order valence-electron chi connectivity index (χ4n) is 2.56. The lowest BCUT2D eigenvalue weighted by Crippen LogP contribution is -2.62. The van der Waals surface area contributed by atoms with Gasteiger partial charge in [0.2, 0.25) is 0 Å². The van der Waals surface area contributed by atoms with Gasteiger partial charge in [0, 0.05) is 17.9 Å². The molecule has 0 saturated heterocycles. The molecular formula is C15H20F3NO. The molecule has 1 aliphatic carbocycles. The maximum atomic E-state index is 12.5. The Bertz CT molecular complexity index is 453. The van der Waals surface area contributed by atoms with E-state index in [0.29, 0.717) is 11.8 Å². The molecule has 1 N–H and O–H groups in total. The summed E-state index contributed by atoms with van der Waals surface area (Å²) in [5, 5.41) is 3.39. The van der Waals surface area contributed by atoms with E-state index in [4.69, 9.17) is 4.74 Å². The average molecular weight is 287 g/mol. The van der Waals surface area contributed by atoms with Crippen LogP contribution in [0.2, 0.25) is 0 Å². The maximum absolute atomic E-state index is 12.5. The molecule has 0 amide bonds. The first-order valence-electron chi connectivity index (χ1n) is 6.82. The van der Waals surface area contributed by atoms with Gasteiger partial charge >= 0.3 is 6.18 Å². The van der Waals surface area contributed by atoms with Crippen molar-refractivity contribution in [2.24, 2.45) is 5.41 Å². The van der Waals surface area contributed by atoms with Crippen LogP contribution in [0.1, 0.15) is 32.8 Å². The van der Waals surface area contributed by atoms with Crippen LogP contribution in [-0.4, -0.2) is 18.7 Å². The number of halogens is 3. The van der Waals surface area contributed by atoms with Gasteiger partial charge in [-0.1, -0.05) is 20.8 Å². The number of hydrogen-bond acceptors (Lipinski definition) is 2. The first kappa shape index (κ1) is 15.2. The van der Waals surface area contributed by atoms with Gasteiger partial charge in [-0.3, -0.25) is 0 Å². The summed E-state index contributed by atoms with van der Waals surface area (Å²) in [5.41, 5.74) is -0.665. The number of rotatable bonds is 4. The molecule has 0 radical (unpaired) electrons. The number of ether oxygens (including phenoxy) is 1. The second-order valence-corrected chi connectivity index (χ2v) is 5.80. The molecule has 1 aliphatic rings. The topological polar surface area (TPSA) is 21.3 Å². The van der Waals surface area contributed by atoms with Gasteiger partial charge in [-0.15, -0.1) is 0 Å². The first-order valence-corrected chi connectivity index (χ1v) is 6.82. The minimum Gasteiger partial charge on any atom is -0.490 e. The highest BCUT2D eigenvalue weighted by molar-refractivity contribution is 5.29. The zero-order valence-electron chi connectivity index (χ0n) is 11.9. The van der Waals surface area contributed by atoms with Crippen molar-refractivity contribution in [2.45, 2.75) is 45.5 Å². The molecule has 0 spiro atoms. The predicted octanol–water partition coefficient (Wildman–Crippen LogP) is 3.86. The normalized spacial score (nSPS) is 25.1. The zero-order valence-corrected chi connectivity index (χ0v) is 11.9. The van der Waals surface area contributed by atoms with Crippen LogP contribution in [0, 0.1) is 5.41 Å². The van der Waals surface area contributed by atoms with Gasteiger partial charge in [-0.25, -0.2) is 0 Å². The third-order valence-electron chi connectivity index (χ3n) is 4.09. The van der Waals surface area contributed by atoms with Crippen LogP contribution in [-0.2, 0) is 6.18 Å². The van der Waals surface area contributed by atoms with Gasteiger partial charge in [0.15, 0.2) is 0 Å². The summed E-state index contributed by atoms with van der Waals surface area (Å²) >= 11 is 0. The van der Waals surface area contributed by atoms with E-state index in [-0.39, 0.29) is 11.5 Å². The molecule has 2 atom stereocenters. The third-order valence-corrected chi connectivity index (χ3v) is 4.09. The second kappa shape index (κ2) is 5.28. The largest absolute Gasteiger partial charge is 0.490 e. The Morgan fingerprint density at radius 3 is 2.30 bits per heavy atom. The van der Waals surface area contributed by atoms with Crippen LogP contribution in [0.25, 0.3) is 0 Å². The molecule has 5 heteroatoms. The Labute approximate surface area is 117 Å². The molecule has 20 heavy (non-hydrogen) atoms. The Morgan fingerprint density at radius 2 is 1.85 bits per heavy atom. The van der Waals surface area contributed by atoms with E-state index in [2.05, 4.69) is 26.1 Å². The number of nitrogens with one attached hydrogen (secondary N) is 1. The fourth-order valence-corrected chi connectivity index (χ4v) is 2.56. The van der Waals surface area contributed by atoms with Crippen LogP contribution in [0.15, 0.2) is 24.3 Å². The van der Waals surface area contributed by atoms with Crippen molar-refractivity contribution in [3.8, 4) is 5.75 Å². The van der Waals surface area contributed by atoms with Gasteiger partial charge in [-0.2, -0.15) is 13.2 Å². The Kier molecular flexibility index (Phi) is 4.00. The summed E-state index contributed by atoms with van der Waals surface area (Å²) in [5.74, 6) is 0.492. The monoisotopic (exact) mass is 287 g/mol. The standard InChI is InChI=1S/C15H20F3NO/c1-4-19-12-9-13(14(12,2)3)20-11-7-5-10(6-8-11)15(16,17)18/h5-8,12-13,19H,4,9H2,1-3H3. The lowest BCUT2D eigenvalue weighted by Gasteiger charge is -2.51. The molecule has 0 aromatic heterocycles. The van der Waals surface area contributed by atoms with E-state index in [9.17, 15) is 13.2 Å². The van der Waals surface area contributed by atoms with Crippen molar-refractivity contribution >= 4 is 0 Å². The fraction of sp³-hybridized carbons (Fsp3) is 0.600. The molecule has 0 aliphatic heterocycles. The molecule has 1 fully saturated rings. The van der Waals surface area contributed by atoms with Crippen LogP contribution in [0.3, 0.4) is 0 Å². The Morgan fingerprint density at radius 1 is 1.25 bits per heavy atom. The number of benzene rings is 1. The highest BCUT2D eigenvalue weighted by Gasteiger charge is 2.49. The van der Waals surface area contributed by atoms with Gasteiger partial charge < -0.3 is 10.1 Å². The molecule has 2 rings (SSSR count). The number of alkyl halides is 3. The van der Waals surface area contributed by atoms with E-state index in [1.807, 2.05) is 0 Å². The highest BCUT2D eigenvalue weighted by atomic mass is 19.4. The molecule has 1 saturated carbocycles. The quantitative estimate of drug-likeness (QED) is 0.908. The van der Waals surface area contributed by atoms with Crippen molar-refractivity contribution in [1.82, 2.24) is 5.32 Å². The third kappa shape index (κ3) is 2.92. The van der Waals surface area contributed by atoms with Crippen molar-refractivity contribution in [2.75, 3.05) is 6.54 Å². The molecular weight excluding hydrogens is 267 g/mol. The summed E-state index contributed by atoms with van der Waals surface area (Å²) in [6.07, 6.45) is -3.39. The van der Waals surface area contributed by atoms with Crippen LogP contribution in [0.5, 0.6) is 5.75 Å². The predicted molar refractivity (Wildman–Crippen MR) is 71.7 cm³/mol. The van der Waals surface area contributed by atoms with E-state index in [0.717, 1.165) is 25.1 Å². The van der Waals surface area contributed by atoms with E-state index in [1.165, 1.54) is 12.1 Å². The highest BCUT2D eigenvalue weighted by Crippen LogP contribution is 2.43. The van der Waals surface area contributed by atoms with Crippen LogP contribution in [0.4, 0.5) is 13.2 Å². The summed E-state index contributed by atoms with van der Waals surface area (Å²) in [7, 11) is 0. The SMILES string of the molecule is CCNC1CC(Oc2ccc(C(F)(F)F)cc2)C1(C)C. The van der Waals surface area contributed by atoms with Gasteiger partial charge in [-0.05, 0) is 30.8 Å². The molecule has 112 valence electrons. The Balaban J connectivity index is 1.98. The number of hydrogen-bond donors (Lipinski definition) is 1. The summed E-state index contributed by atoms with van der Waals surface area (Å²) < 4.78 is 43.2.